The normalized spacial score (nSPS) is 19.1. The lowest BCUT2D eigenvalue weighted by molar-refractivity contribution is 0.303. The zero-order valence-corrected chi connectivity index (χ0v) is 14.9. The van der Waals surface area contributed by atoms with Gasteiger partial charge in [-0.05, 0) is 14.1 Å². The van der Waals surface area contributed by atoms with Gasteiger partial charge in [-0.2, -0.15) is 0 Å². The van der Waals surface area contributed by atoms with Crippen molar-refractivity contribution in [3.05, 3.63) is 17.0 Å². The van der Waals surface area contributed by atoms with Crippen LogP contribution in [0, 0.1) is 0 Å². The minimum atomic E-state index is 0. The molecule has 1 aromatic rings. The molecule has 3 rings (SSSR count). The van der Waals surface area contributed by atoms with Crippen LogP contribution >= 0.6 is 24.8 Å². The molecule has 2 aliphatic rings. The van der Waals surface area contributed by atoms with E-state index < -0.39 is 0 Å². The molecule has 0 aliphatic carbocycles. The van der Waals surface area contributed by atoms with Crippen molar-refractivity contribution in [2.24, 2.45) is 5.73 Å². The largest absolute Gasteiger partial charge is 0.338 e. The Hall–Kier alpha value is -0.660. The summed E-state index contributed by atoms with van der Waals surface area (Å²) in [4.78, 5) is 16.5. The zero-order valence-electron chi connectivity index (χ0n) is 13.3. The topological polar surface area (TPSA) is 61.5 Å². The summed E-state index contributed by atoms with van der Waals surface area (Å²) in [5.41, 5.74) is 9.38. The molecular weight excluding hydrogens is 323 g/mol. The van der Waals surface area contributed by atoms with Crippen molar-refractivity contribution in [3.63, 3.8) is 0 Å². The van der Waals surface area contributed by atoms with Gasteiger partial charge >= 0.3 is 0 Å². The first-order chi connectivity index (χ1) is 9.67. The number of anilines is 1. The highest BCUT2D eigenvalue weighted by molar-refractivity contribution is 5.85. The van der Waals surface area contributed by atoms with E-state index in [1.807, 2.05) is 0 Å². The Kier molecular flexibility index (Phi) is 7.28. The van der Waals surface area contributed by atoms with E-state index in [1.165, 1.54) is 11.3 Å². The molecular formula is C14H26Cl2N6. The van der Waals surface area contributed by atoms with E-state index in [0.717, 1.165) is 57.3 Å². The highest BCUT2D eigenvalue weighted by Crippen LogP contribution is 2.22. The SMILES string of the molecule is CN1CCN(c2nc(CN)c3c(n2)CCN(C)C3)CC1.Cl.Cl. The lowest BCUT2D eigenvalue weighted by Gasteiger charge is -2.34. The van der Waals surface area contributed by atoms with Crippen molar-refractivity contribution >= 4 is 30.8 Å². The Morgan fingerprint density at radius 2 is 1.64 bits per heavy atom. The van der Waals surface area contributed by atoms with Crippen LogP contribution in [0.2, 0.25) is 0 Å². The summed E-state index contributed by atoms with van der Waals surface area (Å²) < 4.78 is 0. The van der Waals surface area contributed by atoms with Crippen LogP contribution < -0.4 is 10.6 Å². The Labute approximate surface area is 144 Å². The third-order valence-corrected chi connectivity index (χ3v) is 4.30. The molecule has 0 spiro atoms. The molecule has 8 heteroatoms. The van der Waals surface area contributed by atoms with Gasteiger partial charge in [0.15, 0.2) is 0 Å². The van der Waals surface area contributed by atoms with Crippen LogP contribution in [0.4, 0.5) is 5.95 Å². The molecule has 0 bridgehead atoms. The molecule has 0 saturated carbocycles. The molecule has 0 atom stereocenters. The van der Waals surface area contributed by atoms with Gasteiger partial charge in [0.05, 0.1) is 11.4 Å². The van der Waals surface area contributed by atoms with Crippen molar-refractivity contribution in [1.29, 1.82) is 0 Å². The molecule has 2 N–H and O–H groups in total. The van der Waals surface area contributed by atoms with Crippen molar-refractivity contribution in [2.75, 3.05) is 51.7 Å². The monoisotopic (exact) mass is 348 g/mol. The molecule has 126 valence electrons. The summed E-state index contributed by atoms with van der Waals surface area (Å²) in [6.07, 6.45) is 1.00. The molecule has 1 saturated heterocycles. The molecule has 0 radical (unpaired) electrons. The van der Waals surface area contributed by atoms with Crippen LogP contribution in [0.25, 0.3) is 0 Å². The number of piperazine rings is 1. The fourth-order valence-corrected chi connectivity index (χ4v) is 2.92. The molecule has 22 heavy (non-hydrogen) atoms. The van der Waals surface area contributed by atoms with Gasteiger partial charge in [0.1, 0.15) is 0 Å². The molecule has 0 unspecified atom stereocenters. The van der Waals surface area contributed by atoms with Crippen LogP contribution in [0.15, 0.2) is 0 Å². The van der Waals surface area contributed by atoms with Gasteiger partial charge in [0.2, 0.25) is 5.95 Å². The summed E-state index contributed by atoms with van der Waals surface area (Å²) in [6.45, 7) is 6.63. The molecule has 6 nitrogen and oxygen atoms in total. The number of hydrogen-bond acceptors (Lipinski definition) is 6. The minimum absolute atomic E-state index is 0. The van der Waals surface area contributed by atoms with E-state index in [1.54, 1.807) is 0 Å². The maximum atomic E-state index is 5.90. The van der Waals surface area contributed by atoms with Crippen molar-refractivity contribution in [1.82, 2.24) is 19.8 Å². The summed E-state index contributed by atoms with van der Waals surface area (Å²) >= 11 is 0. The third kappa shape index (κ3) is 4.00. The van der Waals surface area contributed by atoms with Crippen molar-refractivity contribution in [3.8, 4) is 0 Å². The zero-order chi connectivity index (χ0) is 14.1. The van der Waals surface area contributed by atoms with E-state index in [0.29, 0.717) is 6.54 Å². The molecule has 0 aromatic carbocycles. The lowest BCUT2D eigenvalue weighted by atomic mass is 10.0. The number of hydrogen-bond donors (Lipinski definition) is 1. The summed E-state index contributed by atoms with van der Waals surface area (Å²) in [6, 6.07) is 0. The lowest BCUT2D eigenvalue weighted by Crippen LogP contribution is -2.45. The molecule has 0 amide bonds. The second kappa shape index (κ2) is 8.26. The maximum Gasteiger partial charge on any atom is 0.225 e. The van der Waals surface area contributed by atoms with E-state index in [2.05, 4.69) is 28.8 Å². The van der Waals surface area contributed by atoms with Gasteiger partial charge in [-0.1, -0.05) is 0 Å². The van der Waals surface area contributed by atoms with Gasteiger partial charge in [-0.3, -0.25) is 0 Å². The Bertz CT molecular complexity index is 473. The van der Waals surface area contributed by atoms with Crippen molar-refractivity contribution < 1.29 is 0 Å². The van der Waals surface area contributed by atoms with E-state index in [9.17, 15) is 0 Å². The molecule has 2 aliphatic heterocycles. The number of fused-ring (bicyclic) bond motifs is 1. The fourth-order valence-electron chi connectivity index (χ4n) is 2.92. The highest BCUT2D eigenvalue weighted by atomic mass is 35.5. The third-order valence-electron chi connectivity index (χ3n) is 4.30. The van der Waals surface area contributed by atoms with E-state index in [4.69, 9.17) is 15.7 Å². The second-order valence-electron chi connectivity index (χ2n) is 5.88. The second-order valence-corrected chi connectivity index (χ2v) is 5.88. The van der Waals surface area contributed by atoms with Crippen molar-refractivity contribution in [2.45, 2.75) is 19.5 Å². The summed E-state index contributed by atoms with van der Waals surface area (Å²) in [5.74, 6) is 0.877. The first kappa shape index (κ1) is 19.4. The molecule has 1 fully saturated rings. The highest BCUT2D eigenvalue weighted by Gasteiger charge is 2.23. The number of likely N-dealkylation sites (N-methyl/N-ethyl adjacent to an activating group) is 2. The van der Waals surface area contributed by atoms with Gasteiger partial charge in [0, 0.05) is 57.8 Å². The van der Waals surface area contributed by atoms with Crippen LogP contribution in [-0.2, 0) is 19.5 Å². The minimum Gasteiger partial charge on any atom is -0.338 e. The van der Waals surface area contributed by atoms with Gasteiger partial charge in [-0.25, -0.2) is 9.97 Å². The average Bonchev–Trinajstić information content (AvgIpc) is 2.47. The maximum absolute atomic E-state index is 5.90. The Balaban J connectivity index is 0.00000121. The summed E-state index contributed by atoms with van der Waals surface area (Å²) in [5, 5.41) is 0. The molecule has 3 heterocycles. The van der Waals surface area contributed by atoms with Crippen LogP contribution in [0.3, 0.4) is 0 Å². The Morgan fingerprint density at radius 1 is 0.955 bits per heavy atom. The first-order valence-electron chi connectivity index (χ1n) is 7.38. The summed E-state index contributed by atoms with van der Waals surface area (Å²) in [7, 11) is 4.30. The molecule has 1 aromatic heterocycles. The number of halogens is 2. The van der Waals surface area contributed by atoms with Crippen LogP contribution in [0.1, 0.15) is 17.0 Å². The van der Waals surface area contributed by atoms with Gasteiger partial charge in [-0.15, -0.1) is 24.8 Å². The van der Waals surface area contributed by atoms with Crippen LogP contribution in [-0.4, -0.2) is 66.6 Å². The standard InChI is InChI=1S/C14H24N6.2ClH/c1-18-5-7-20(8-6-18)14-16-12-3-4-19(2)10-11(12)13(9-15)17-14;;/h3-10,15H2,1-2H3;2*1H. The Morgan fingerprint density at radius 3 is 2.27 bits per heavy atom. The number of aromatic nitrogens is 2. The first-order valence-corrected chi connectivity index (χ1v) is 7.38. The predicted octanol–water partition coefficient (Wildman–Crippen LogP) is 0.519. The van der Waals surface area contributed by atoms with E-state index >= 15 is 0 Å². The van der Waals surface area contributed by atoms with Crippen LogP contribution in [0.5, 0.6) is 0 Å². The fraction of sp³-hybridized carbons (Fsp3) is 0.714. The predicted molar refractivity (Wildman–Crippen MR) is 94.2 cm³/mol. The smallest absolute Gasteiger partial charge is 0.225 e. The van der Waals surface area contributed by atoms with E-state index in [-0.39, 0.29) is 24.8 Å². The van der Waals surface area contributed by atoms with Gasteiger partial charge < -0.3 is 20.4 Å². The van der Waals surface area contributed by atoms with Gasteiger partial charge in [0.25, 0.3) is 0 Å². The average molecular weight is 349 g/mol. The quantitative estimate of drug-likeness (QED) is 0.840. The number of nitrogens with two attached hydrogens (primary N) is 1. The number of rotatable bonds is 2. The number of nitrogens with zero attached hydrogens (tertiary/aromatic N) is 5.